The molecule has 0 radical (unpaired) electrons. The average molecular weight is 222 g/mol. The normalized spacial score (nSPS) is 25.5. The van der Waals surface area contributed by atoms with E-state index in [0.29, 0.717) is 6.04 Å². The second-order valence-corrected chi connectivity index (χ2v) is 5.32. The zero-order valence-corrected chi connectivity index (χ0v) is 10.2. The Morgan fingerprint density at radius 2 is 2.33 bits per heavy atom. The van der Waals surface area contributed by atoms with Gasteiger partial charge in [0.2, 0.25) is 0 Å². The lowest BCUT2D eigenvalue weighted by Gasteiger charge is -2.14. The first-order valence-corrected chi connectivity index (χ1v) is 6.79. The molecule has 15 heavy (non-hydrogen) atoms. The van der Waals surface area contributed by atoms with E-state index in [1.165, 1.54) is 24.8 Å². The number of aromatic nitrogens is 1. The summed E-state index contributed by atoms with van der Waals surface area (Å²) in [6, 6.07) is 4.71. The molecule has 2 nitrogen and oxygen atoms in total. The number of hydrogen-bond acceptors (Lipinski definition) is 3. The van der Waals surface area contributed by atoms with Gasteiger partial charge in [-0.3, -0.25) is 0 Å². The highest BCUT2D eigenvalue weighted by Gasteiger charge is 2.24. The van der Waals surface area contributed by atoms with Crippen LogP contribution in [0.4, 0.5) is 5.82 Å². The highest BCUT2D eigenvalue weighted by molar-refractivity contribution is 7.99. The van der Waals surface area contributed by atoms with Crippen LogP contribution in [0.1, 0.15) is 24.8 Å². The number of anilines is 1. The van der Waals surface area contributed by atoms with Crippen LogP contribution >= 0.6 is 11.8 Å². The zero-order valence-electron chi connectivity index (χ0n) is 9.36. The van der Waals surface area contributed by atoms with E-state index in [9.17, 15) is 0 Å². The van der Waals surface area contributed by atoms with Crippen molar-refractivity contribution in [3.05, 3.63) is 23.9 Å². The maximum absolute atomic E-state index is 4.37. The van der Waals surface area contributed by atoms with Crippen LogP contribution in [0, 0.1) is 6.92 Å². The van der Waals surface area contributed by atoms with Crippen molar-refractivity contribution in [1.82, 2.24) is 4.98 Å². The lowest BCUT2D eigenvalue weighted by atomic mass is 10.2. The Balaban J connectivity index is 1.96. The molecule has 1 fully saturated rings. The summed E-state index contributed by atoms with van der Waals surface area (Å²) in [6.07, 6.45) is 7.96. The van der Waals surface area contributed by atoms with E-state index in [-0.39, 0.29) is 0 Å². The summed E-state index contributed by atoms with van der Waals surface area (Å²) in [5, 5.41) is 4.39. The molecule has 1 aromatic rings. The predicted molar refractivity (Wildman–Crippen MR) is 67.5 cm³/mol. The molecule has 1 aliphatic rings. The van der Waals surface area contributed by atoms with Crippen molar-refractivity contribution in [3.63, 3.8) is 0 Å². The third-order valence-corrected chi connectivity index (χ3v) is 4.16. The summed E-state index contributed by atoms with van der Waals surface area (Å²) in [7, 11) is 0. The van der Waals surface area contributed by atoms with Gasteiger partial charge in [0.1, 0.15) is 5.82 Å². The van der Waals surface area contributed by atoms with Crippen LogP contribution in [0.5, 0.6) is 0 Å². The summed E-state index contributed by atoms with van der Waals surface area (Å²) in [4.78, 5) is 4.37. The summed E-state index contributed by atoms with van der Waals surface area (Å²) >= 11 is 1.99. The van der Waals surface area contributed by atoms with Gasteiger partial charge in [-0.25, -0.2) is 4.98 Å². The Bertz CT molecular complexity index is 327. The topological polar surface area (TPSA) is 24.9 Å². The summed E-state index contributed by atoms with van der Waals surface area (Å²) in [5.41, 5.74) is 1.24. The summed E-state index contributed by atoms with van der Waals surface area (Å²) in [5.74, 6) is 1.06. The SMILES string of the molecule is CSC1CCC(Nc2ncccc2C)C1. The van der Waals surface area contributed by atoms with E-state index in [2.05, 4.69) is 29.5 Å². The molecule has 1 N–H and O–H groups in total. The maximum atomic E-state index is 4.37. The number of nitrogens with zero attached hydrogens (tertiary/aromatic N) is 1. The van der Waals surface area contributed by atoms with Crippen LogP contribution in [0.15, 0.2) is 18.3 Å². The van der Waals surface area contributed by atoms with E-state index < -0.39 is 0 Å². The smallest absolute Gasteiger partial charge is 0.129 e. The Labute approximate surface area is 95.9 Å². The molecule has 1 saturated carbocycles. The molecule has 0 bridgehead atoms. The van der Waals surface area contributed by atoms with Gasteiger partial charge in [0, 0.05) is 17.5 Å². The number of thioether (sulfide) groups is 1. The van der Waals surface area contributed by atoms with Gasteiger partial charge in [-0.1, -0.05) is 6.07 Å². The van der Waals surface area contributed by atoms with Crippen molar-refractivity contribution in [2.75, 3.05) is 11.6 Å². The van der Waals surface area contributed by atoms with Crippen molar-refractivity contribution in [1.29, 1.82) is 0 Å². The first-order chi connectivity index (χ1) is 7.29. The monoisotopic (exact) mass is 222 g/mol. The molecule has 0 spiro atoms. The van der Waals surface area contributed by atoms with E-state index in [4.69, 9.17) is 0 Å². The molecule has 2 atom stereocenters. The van der Waals surface area contributed by atoms with Gasteiger partial charge in [-0.2, -0.15) is 11.8 Å². The minimum absolute atomic E-state index is 0.621. The predicted octanol–water partition coefficient (Wildman–Crippen LogP) is 3.09. The van der Waals surface area contributed by atoms with Crippen LogP contribution in [0.25, 0.3) is 0 Å². The molecule has 1 heterocycles. The Hall–Kier alpha value is -0.700. The molecule has 0 aromatic carbocycles. The van der Waals surface area contributed by atoms with Gasteiger partial charge in [0.25, 0.3) is 0 Å². The molecule has 0 aliphatic heterocycles. The maximum Gasteiger partial charge on any atom is 0.129 e. The van der Waals surface area contributed by atoms with Crippen LogP contribution < -0.4 is 5.32 Å². The fraction of sp³-hybridized carbons (Fsp3) is 0.583. The van der Waals surface area contributed by atoms with E-state index in [1.807, 2.05) is 24.0 Å². The first-order valence-electron chi connectivity index (χ1n) is 5.50. The lowest BCUT2D eigenvalue weighted by Crippen LogP contribution is -2.17. The molecular weight excluding hydrogens is 204 g/mol. The van der Waals surface area contributed by atoms with Crippen LogP contribution in [-0.4, -0.2) is 22.5 Å². The number of aryl methyl sites for hydroxylation is 1. The minimum atomic E-state index is 0.621. The van der Waals surface area contributed by atoms with E-state index >= 15 is 0 Å². The van der Waals surface area contributed by atoms with Gasteiger partial charge < -0.3 is 5.32 Å². The molecule has 1 aliphatic carbocycles. The molecule has 1 aromatic heterocycles. The Morgan fingerprint density at radius 1 is 1.47 bits per heavy atom. The summed E-state index contributed by atoms with van der Waals surface area (Å²) in [6.45, 7) is 2.11. The molecule has 3 heteroatoms. The first kappa shape index (κ1) is 10.8. The second kappa shape index (κ2) is 4.88. The number of rotatable bonds is 3. The minimum Gasteiger partial charge on any atom is -0.367 e. The van der Waals surface area contributed by atoms with Crippen molar-refractivity contribution in [2.24, 2.45) is 0 Å². The fourth-order valence-corrected chi connectivity index (χ4v) is 2.91. The van der Waals surface area contributed by atoms with Crippen LogP contribution in [0.2, 0.25) is 0 Å². The third kappa shape index (κ3) is 2.65. The van der Waals surface area contributed by atoms with Crippen molar-refractivity contribution >= 4 is 17.6 Å². The van der Waals surface area contributed by atoms with Crippen molar-refractivity contribution in [3.8, 4) is 0 Å². The van der Waals surface area contributed by atoms with Gasteiger partial charge >= 0.3 is 0 Å². The zero-order chi connectivity index (χ0) is 10.7. The molecule has 0 amide bonds. The Kier molecular flexibility index (Phi) is 3.52. The van der Waals surface area contributed by atoms with E-state index in [1.54, 1.807) is 0 Å². The third-order valence-electron chi connectivity index (χ3n) is 3.07. The molecule has 82 valence electrons. The number of nitrogens with one attached hydrogen (secondary N) is 1. The molecular formula is C12H18N2S. The van der Waals surface area contributed by atoms with Crippen molar-refractivity contribution < 1.29 is 0 Å². The van der Waals surface area contributed by atoms with E-state index in [0.717, 1.165) is 11.1 Å². The number of hydrogen-bond donors (Lipinski definition) is 1. The fourth-order valence-electron chi connectivity index (χ4n) is 2.12. The standard InChI is InChI=1S/C12H18N2S/c1-9-4-3-7-13-12(9)14-10-5-6-11(8-10)15-2/h3-4,7,10-11H,5-6,8H2,1-2H3,(H,13,14). The highest BCUT2D eigenvalue weighted by Crippen LogP contribution is 2.30. The van der Waals surface area contributed by atoms with Gasteiger partial charge in [-0.15, -0.1) is 0 Å². The van der Waals surface area contributed by atoms with Crippen molar-refractivity contribution in [2.45, 2.75) is 37.5 Å². The largest absolute Gasteiger partial charge is 0.367 e. The van der Waals surface area contributed by atoms with Gasteiger partial charge in [0.15, 0.2) is 0 Å². The van der Waals surface area contributed by atoms with Gasteiger partial charge in [0.05, 0.1) is 0 Å². The Morgan fingerprint density at radius 3 is 3.00 bits per heavy atom. The second-order valence-electron chi connectivity index (χ2n) is 4.18. The molecule has 2 rings (SSSR count). The van der Waals surface area contributed by atoms with Gasteiger partial charge in [-0.05, 0) is 44.1 Å². The van der Waals surface area contributed by atoms with Crippen LogP contribution in [-0.2, 0) is 0 Å². The summed E-state index contributed by atoms with van der Waals surface area (Å²) < 4.78 is 0. The quantitative estimate of drug-likeness (QED) is 0.850. The number of pyridine rings is 1. The lowest BCUT2D eigenvalue weighted by molar-refractivity contribution is 0.751. The van der Waals surface area contributed by atoms with Crippen LogP contribution in [0.3, 0.4) is 0 Å². The highest BCUT2D eigenvalue weighted by atomic mass is 32.2. The molecule has 0 saturated heterocycles. The average Bonchev–Trinajstić information content (AvgIpc) is 2.69. The molecule has 2 unspecified atom stereocenters.